The van der Waals surface area contributed by atoms with E-state index in [4.69, 9.17) is 14.2 Å². The zero-order chi connectivity index (χ0) is 45.1. The summed E-state index contributed by atoms with van der Waals surface area (Å²) >= 11 is 0. The smallest absolute Gasteiger partial charge is 0.324 e. The lowest BCUT2D eigenvalue weighted by atomic mass is 9.65. The predicted octanol–water partition coefficient (Wildman–Crippen LogP) is 7.06. The highest BCUT2D eigenvalue weighted by molar-refractivity contribution is 6.12. The van der Waals surface area contributed by atoms with Crippen LogP contribution in [0.15, 0.2) is 140 Å². The second-order valence-electron chi connectivity index (χ2n) is 17.1. The van der Waals surface area contributed by atoms with Crippen LogP contribution in [0.3, 0.4) is 0 Å². The molecule has 2 fully saturated rings. The van der Waals surface area contributed by atoms with Gasteiger partial charge in [0, 0.05) is 24.3 Å². The quantitative estimate of drug-likeness (QED) is 0.126. The largest absolute Gasteiger partial charge is 0.508 e. The zero-order valence-electron chi connectivity index (χ0n) is 36.1. The predicted molar refractivity (Wildman–Crippen MR) is 244 cm³/mol. The number of nitrogens with one attached hydrogen (secondary N) is 1. The number of amides is 2. The highest BCUT2D eigenvalue weighted by Crippen LogP contribution is 2.65. The molecule has 66 heavy (non-hydrogen) atoms. The lowest BCUT2D eigenvalue weighted by molar-refractivity contribution is -0.179. The van der Waals surface area contributed by atoms with Crippen LogP contribution in [-0.4, -0.2) is 74.5 Å². The highest BCUT2D eigenvalue weighted by Gasteiger charge is 2.74. The Morgan fingerprint density at radius 3 is 2.26 bits per heavy atom. The molecule has 4 aliphatic rings. The third kappa shape index (κ3) is 6.47. The number of fused-ring (bicyclic) bond motifs is 5. The first-order valence-electron chi connectivity index (χ1n) is 21.9. The molecule has 13 heteroatoms. The molecule has 328 valence electrons. The van der Waals surface area contributed by atoms with E-state index in [-0.39, 0.29) is 24.7 Å². The molecule has 13 nitrogen and oxygen atoms in total. The summed E-state index contributed by atoms with van der Waals surface area (Å²) in [5.74, 6) is 5.00. The number of carbonyl (C=O) groups is 3. The van der Waals surface area contributed by atoms with Crippen molar-refractivity contribution >= 4 is 34.5 Å². The van der Waals surface area contributed by atoms with Crippen LogP contribution in [0.25, 0.3) is 11.0 Å². The molecular formula is C53H44N6O7. The molecule has 0 radical (unpaired) electrons. The molecule has 1 aromatic heterocycles. The van der Waals surface area contributed by atoms with Crippen molar-refractivity contribution in [2.45, 2.75) is 49.2 Å². The minimum atomic E-state index is -1.72. The Morgan fingerprint density at radius 2 is 1.52 bits per heavy atom. The third-order valence-corrected chi connectivity index (χ3v) is 13.7. The van der Waals surface area contributed by atoms with E-state index < -0.39 is 47.4 Å². The summed E-state index contributed by atoms with van der Waals surface area (Å²) < 4.78 is 19.6. The van der Waals surface area contributed by atoms with E-state index in [0.29, 0.717) is 46.8 Å². The van der Waals surface area contributed by atoms with Gasteiger partial charge in [-0.15, -0.1) is 5.10 Å². The van der Waals surface area contributed by atoms with E-state index in [2.05, 4.69) is 32.4 Å². The van der Waals surface area contributed by atoms with Gasteiger partial charge in [0.1, 0.15) is 35.4 Å². The van der Waals surface area contributed by atoms with E-state index >= 15 is 14.4 Å². The molecule has 0 bridgehead atoms. The number of methoxy groups -OCH3 is 2. The minimum Gasteiger partial charge on any atom is -0.508 e. The molecule has 6 atom stereocenters. The van der Waals surface area contributed by atoms with E-state index in [1.54, 1.807) is 48.1 Å². The fraction of sp³-hybridized carbons (Fsp3) is 0.226. The van der Waals surface area contributed by atoms with Crippen molar-refractivity contribution in [1.82, 2.24) is 24.8 Å². The number of hydrogen-bond donors (Lipinski definition) is 2. The summed E-state index contributed by atoms with van der Waals surface area (Å²) in [4.78, 5) is 50.9. The Labute approximate surface area is 380 Å². The lowest BCUT2D eigenvalue weighted by Crippen LogP contribution is -2.56. The van der Waals surface area contributed by atoms with Crippen molar-refractivity contribution in [3.63, 3.8) is 0 Å². The number of carbonyl (C=O) groups excluding carboxylic acids is 3. The fourth-order valence-corrected chi connectivity index (χ4v) is 10.8. The molecular weight excluding hydrogens is 833 g/mol. The topological polar surface area (TPSA) is 148 Å². The number of para-hydroxylation sites is 1. The van der Waals surface area contributed by atoms with Gasteiger partial charge in [0.25, 0.3) is 0 Å². The fourth-order valence-electron chi connectivity index (χ4n) is 10.8. The standard InChI is InChI=1S/C53H44N6O7/c1-64-43-29-36-25-27-57(31-37(36)30-44(43)65-2)50(61)45-47-51(62)66-48(34-15-7-4-8-16-34)46(33-13-5-3-6-14-33)59(47)49(35-20-22-38(60)23-21-35)53(45)39-28-32(19-24-40(39)54-52(53)63)12-11-26-58-42-18-10-9-17-41(42)55-56-58/h3-10,13-24,28-30,45-49,60H,25-27,31H2,1-2H3,(H,54,63)/t45-,46-,47-,48+,49+,53-/m1/s1. The van der Waals surface area contributed by atoms with Crippen LogP contribution in [0.2, 0.25) is 0 Å². The summed E-state index contributed by atoms with van der Waals surface area (Å²) in [7, 11) is 3.16. The van der Waals surface area contributed by atoms with Crippen LogP contribution in [0.4, 0.5) is 5.69 Å². The van der Waals surface area contributed by atoms with Gasteiger partial charge in [0.05, 0.1) is 37.7 Å². The van der Waals surface area contributed by atoms with Gasteiger partial charge in [0.15, 0.2) is 11.5 Å². The van der Waals surface area contributed by atoms with Crippen molar-refractivity contribution in [3.8, 4) is 29.1 Å². The van der Waals surface area contributed by atoms with Gasteiger partial charge in [-0.1, -0.05) is 102 Å². The summed E-state index contributed by atoms with van der Waals surface area (Å²) in [6.45, 7) is 0.787. The van der Waals surface area contributed by atoms with Crippen molar-refractivity contribution < 1.29 is 33.7 Å². The highest BCUT2D eigenvalue weighted by atomic mass is 16.6. The number of rotatable bonds is 7. The van der Waals surface area contributed by atoms with Gasteiger partial charge in [-0.25, -0.2) is 4.68 Å². The van der Waals surface area contributed by atoms with E-state index in [9.17, 15) is 5.11 Å². The summed E-state index contributed by atoms with van der Waals surface area (Å²) in [5.41, 5.74) is 5.66. The molecule has 2 N–H and O–H groups in total. The Kier molecular flexibility index (Phi) is 10.0. The zero-order valence-corrected chi connectivity index (χ0v) is 36.1. The molecule has 2 amide bonds. The molecule has 7 aromatic rings. The Morgan fingerprint density at radius 1 is 0.818 bits per heavy atom. The van der Waals surface area contributed by atoms with Gasteiger partial charge in [0.2, 0.25) is 11.8 Å². The van der Waals surface area contributed by atoms with Crippen LogP contribution in [0.1, 0.15) is 57.1 Å². The Bertz CT molecular complexity index is 3110. The monoisotopic (exact) mass is 876 g/mol. The first kappa shape index (κ1) is 40.8. The van der Waals surface area contributed by atoms with Gasteiger partial charge in [-0.2, -0.15) is 0 Å². The second-order valence-corrected chi connectivity index (χ2v) is 17.1. The maximum atomic E-state index is 16.1. The van der Waals surface area contributed by atoms with Crippen molar-refractivity contribution in [1.29, 1.82) is 0 Å². The SMILES string of the molecule is COc1cc2c(cc1OC)CN(C(=O)[C@H]1[C@@H]3C(=O)O[C@@H](c4ccccc4)[C@@H](c4ccccc4)N3[C@@H](c3ccc(O)cc3)[C@]13C(=O)Nc1ccc(C#CCn4nnc5ccccc54)cc13)CC2. The second kappa shape index (κ2) is 16.2. The van der Waals surface area contributed by atoms with E-state index in [1.165, 1.54) is 0 Å². The average molecular weight is 877 g/mol. The van der Waals surface area contributed by atoms with Gasteiger partial charge in [-0.3, -0.25) is 19.3 Å². The number of benzene rings is 6. The number of hydrogen-bond acceptors (Lipinski definition) is 10. The number of aromatic nitrogens is 3. The Balaban J connectivity index is 1.12. The van der Waals surface area contributed by atoms with Crippen molar-refractivity contribution in [2.75, 3.05) is 26.1 Å². The number of ether oxygens (including phenoxy) is 3. The van der Waals surface area contributed by atoms with Crippen LogP contribution >= 0.6 is 0 Å². The third-order valence-electron chi connectivity index (χ3n) is 13.7. The van der Waals surface area contributed by atoms with Crippen molar-refractivity contribution in [3.05, 3.63) is 178 Å². The molecule has 4 aliphatic heterocycles. The normalized spacial score (nSPS) is 23.0. The van der Waals surface area contributed by atoms with Gasteiger partial charge in [-0.05, 0) is 94.4 Å². The molecule has 0 unspecified atom stereocenters. The molecule has 0 aliphatic carbocycles. The van der Waals surface area contributed by atoms with E-state index in [1.807, 2.05) is 115 Å². The number of anilines is 1. The number of phenols is 1. The summed E-state index contributed by atoms with van der Waals surface area (Å²) in [6.07, 6.45) is -0.311. The number of aromatic hydroxyl groups is 1. The first-order valence-corrected chi connectivity index (χ1v) is 21.9. The number of morpholine rings is 1. The average Bonchev–Trinajstić information content (AvgIpc) is 4.01. The molecule has 0 saturated carbocycles. The summed E-state index contributed by atoms with van der Waals surface area (Å²) in [5, 5.41) is 22.5. The molecule has 6 aromatic carbocycles. The van der Waals surface area contributed by atoms with Gasteiger partial charge >= 0.3 is 5.97 Å². The number of esters is 1. The number of nitrogens with zero attached hydrogens (tertiary/aromatic N) is 5. The maximum absolute atomic E-state index is 16.1. The van der Waals surface area contributed by atoms with Gasteiger partial charge < -0.3 is 29.5 Å². The van der Waals surface area contributed by atoms with Crippen LogP contribution in [0.5, 0.6) is 17.2 Å². The maximum Gasteiger partial charge on any atom is 0.324 e. The molecule has 5 heterocycles. The first-order chi connectivity index (χ1) is 32.3. The molecule has 11 rings (SSSR count). The lowest BCUT2D eigenvalue weighted by Gasteiger charge is -2.46. The minimum absolute atomic E-state index is 0.0304. The van der Waals surface area contributed by atoms with Crippen LogP contribution in [-0.2, 0) is 44.0 Å². The molecule has 2 saturated heterocycles. The summed E-state index contributed by atoms with van der Waals surface area (Å²) in [6, 6.07) is 40.3. The van der Waals surface area contributed by atoms with Crippen LogP contribution < -0.4 is 14.8 Å². The number of phenolic OH excluding ortho intramolecular Hbond substituents is 1. The van der Waals surface area contributed by atoms with E-state index in [0.717, 1.165) is 33.3 Å². The van der Waals surface area contributed by atoms with Crippen LogP contribution in [0, 0.1) is 17.8 Å². The number of cyclic esters (lactones) is 1. The Hall–Kier alpha value is -7.95. The van der Waals surface area contributed by atoms with Crippen molar-refractivity contribution in [2.24, 2.45) is 5.92 Å². The molecule has 1 spiro atoms.